The molecule has 2 rings (SSSR count). The number of rotatable bonds is 2. The lowest BCUT2D eigenvalue weighted by Gasteiger charge is -2.23. The van der Waals surface area contributed by atoms with Gasteiger partial charge in [0.2, 0.25) is 0 Å². The van der Waals surface area contributed by atoms with Crippen LogP contribution in [0, 0.1) is 12.7 Å². The molecule has 1 aromatic carbocycles. The van der Waals surface area contributed by atoms with Crippen LogP contribution in [-0.4, -0.2) is 11.9 Å². The summed E-state index contributed by atoms with van der Waals surface area (Å²) in [5.41, 5.74) is 1.27. The number of benzene rings is 1. The molecule has 0 saturated heterocycles. The van der Waals surface area contributed by atoms with Crippen LogP contribution in [0.15, 0.2) is 18.2 Å². The fraction of sp³-hybridized carbons (Fsp3) is 0.500. The van der Waals surface area contributed by atoms with E-state index >= 15 is 0 Å². The summed E-state index contributed by atoms with van der Waals surface area (Å²) in [4.78, 5) is 12.0. The number of amides is 1. The summed E-state index contributed by atoms with van der Waals surface area (Å²) in [6.45, 7) is 1.76. The second-order valence-corrected chi connectivity index (χ2v) is 4.77. The number of nitrogens with one attached hydrogen (secondary N) is 1. The molecule has 1 aromatic rings. The fourth-order valence-corrected chi connectivity index (χ4v) is 2.39. The van der Waals surface area contributed by atoms with Crippen molar-refractivity contribution in [2.45, 2.75) is 45.1 Å². The van der Waals surface area contributed by atoms with Gasteiger partial charge in [-0.25, -0.2) is 4.39 Å². The van der Waals surface area contributed by atoms with Gasteiger partial charge in [0.25, 0.3) is 5.91 Å². The zero-order valence-corrected chi connectivity index (χ0v) is 10.1. The van der Waals surface area contributed by atoms with Crippen LogP contribution in [0.3, 0.4) is 0 Å². The highest BCUT2D eigenvalue weighted by Crippen LogP contribution is 2.18. The van der Waals surface area contributed by atoms with Crippen molar-refractivity contribution in [2.24, 2.45) is 0 Å². The molecule has 0 atom stereocenters. The quantitative estimate of drug-likeness (QED) is 0.838. The first-order valence-electron chi connectivity index (χ1n) is 6.24. The molecule has 92 valence electrons. The monoisotopic (exact) mass is 235 g/mol. The molecule has 2 nitrogen and oxygen atoms in total. The van der Waals surface area contributed by atoms with Gasteiger partial charge in [-0.15, -0.1) is 0 Å². The third-order valence-electron chi connectivity index (χ3n) is 3.37. The maximum atomic E-state index is 12.9. The molecule has 1 N–H and O–H groups in total. The van der Waals surface area contributed by atoms with Gasteiger partial charge < -0.3 is 5.32 Å². The largest absolute Gasteiger partial charge is 0.349 e. The average Bonchev–Trinajstić information content (AvgIpc) is 2.30. The maximum Gasteiger partial charge on any atom is 0.251 e. The molecule has 0 radical (unpaired) electrons. The molecule has 1 aliphatic carbocycles. The molecule has 1 saturated carbocycles. The molecule has 0 heterocycles. The molecule has 17 heavy (non-hydrogen) atoms. The molecule has 1 aliphatic rings. The van der Waals surface area contributed by atoms with Crippen LogP contribution in [0.2, 0.25) is 0 Å². The Morgan fingerprint density at radius 3 is 2.65 bits per heavy atom. The van der Waals surface area contributed by atoms with E-state index in [2.05, 4.69) is 5.32 Å². The van der Waals surface area contributed by atoms with E-state index in [-0.39, 0.29) is 11.7 Å². The Morgan fingerprint density at radius 1 is 1.29 bits per heavy atom. The Morgan fingerprint density at radius 2 is 2.00 bits per heavy atom. The predicted molar refractivity (Wildman–Crippen MR) is 65.5 cm³/mol. The average molecular weight is 235 g/mol. The van der Waals surface area contributed by atoms with Crippen molar-refractivity contribution < 1.29 is 9.18 Å². The lowest BCUT2D eigenvalue weighted by atomic mass is 9.95. The number of carbonyl (C=O) groups is 1. The normalized spacial score (nSPS) is 16.8. The van der Waals surface area contributed by atoms with Gasteiger partial charge in [0.1, 0.15) is 5.82 Å². The van der Waals surface area contributed by atoms with Crippen molar-refractivity contribution in [1.29, 1.82) is 0 Å². The topological polar surface area (TPSA) is 29.1 Å². The van der Waals surface area contributed by atoms with Crippen molar-refractivity contribution in [3.05, 3.63) is 35.1 Å². The highest BCUT2D eigenvalue weighted by molar-refractivity contribution is 5.95. The Hall–Kier alpha value is -1.38. The van der Waals surface area contributed by atoms with Crippen molar-refractivity contribution in [3.63, 3.8) is 0 Å². The number of halogens is 1. The van der Waals surface area contributed by atoms with Gasteiger partial charge in [-0.3, -0.25) is 4.79 Å². The van der Waals surface area contributed by atoms with Crippen molar-refractivity contribution in [2.75, 3.05) is 0 Å². The van der Waals surface area contributed by atoms with Crippen LogP contribution < -0.4 is 5.32 Å². The molecule has 1 amide bonds. The first-order chi connectivity index (χ1) is 8.16. The summed E-state index contributed by atoms with van der Waals surface area (Å²) >= 11 is 0. The second-order valence-electron chi connectivity index (χ2n) is 4.77. The summed E-state index contributed by atoms with van der Waals surface area (Å²) < 4.78 is 12.9. The van der Waals surface area contributed by atoms with E-state index in [1.165, 1.54) is 31.4 Å². The van der Waals surface area contributed by atoms with E-state index in [1.807, 2.05) is 0 Å². The Labute approximate surface area is 101 Å². The Balaban J connectivity index is 2.03. The predicted octanol–water partition coefficient (Wildman–Crippen LogP) is 3.20. The fourth-order valence-electron chi connectivity index (χ4n) is 2.39. The number of aryl methyl sites for hydroxylation is 1. The second kappa shape index (κ2) is 5.30. The molecule has 0 bridgehead atoms. The third kappa shape index (κ3) is 3.05. The van der Waals surface area contributed by atoms with Crippen LogP contribution in [0.1, 0.15) is 48.0 Å². The molecule has 1 fully saturated rings. The van der Waals surface area contributed by atoms with Gasteiger partial charge in [-0.1, -0.05) is 19.3 Å². The Bertz CT molecular complexity index is 411. The molecule has 0 spiro atoms. The zero-order chi connectivity index (χ0) is 12.3. The summed E-state index contributed by atoms with van der Waals surface area (Å²) in [6.07, 6.45) is 5.76. The molecule has 3 heteroatoms. The number of hydrogen-bond donors (Lipinski definition) is 1. The number of hydrogen-bond acceptors (Lipinski definition) is 1. The first-order valence-corrected chi connectivity index (χ1v) is 6.24. The van der Waals surface area contributed by atoms with Crippen LogP contribution in [0.25, 0.3) is 0 Å². The standard InChI is InChI=1S/C14H18FNO/c1-10-9-11(15)7-8-13(10)14(17)16-12-5-3-2-4-6-12/h7-9,12H,2-6H2,1H3,(H,16,17). The van der Waals surface area contributed by atoms with E-state index in [9.17, 15) is 9.18 Å². The third-order valence-corrected chi connectivity index (χ3v) is 3.37. The summed E-state index contributed by atoms with van der Waals surface area (Å²) in [7, 11) is 0. The summed E-state index contributed by atoms with van der Waals surface area (Å²) in [6, 6.07) is 4.59. The lowest BCUT2D eigenvalue weighted by Crippen LogP contribution is -2.36. The highest BCUT2D eigenvalue weighted by Gasteiger charge is 2.17. The molecule has 0 unspecified atom stereocenters. The van der Waals surface area contributed by atoms with Gasteiger partial charge in [-0.2, -0.15) is 0 Å². The van der Waals surface area contributed by atoms with Crippen LogP contribution in [0.4, 0.5) is 4.39 Å². The van der Waals surface area contributed by atoms with Gasteiger partial charge in [0, 0.05) is 11.6 Å². The smallest absolute Gasteiger partial charge is 0.251 e. The van der Waals surface area contributed by atoms with E-state index in [0.29, 0.717) is 17.2 Å². The number of carbonyl (C=O) groups excluding carboxylic acids is 1. The first kappa shape index (κ1) is 12.1. The van der Waals surface area contributed by atoms with Gasteiger partial charge in [0.05, 0.1) is 0 Å². The van der Waals surface area contributed by atoms with Crippen LogP contribution in [0.5, 0.6) is 0 Å². The highest BCUT2D eigenvalue weighted by atomic mass is 19.1. The van der Waals surface area contributed by atoms with Gasteiger partial charge in [0.15, 0.2) is 0 Å². The van der Waals surface area contributed by atoms with Crippen LogP contribution in [-0.2, 0) is 0 Å². The van der Waals surface area contributed by atoms with Gasteiger partial charge >= 0.3 is 0 Å². The van der Waals surface area contributed by atoms with Crippen molar-refractivity contribution >= 4 is 5.91 Å². The van der Waals surface area contributed by atoms with E-state index < -0.39 is 0 Å². The summed E-state index contributed by atoms with van der Waals surface area (Å²) in [5, 5.41) is 3.03. The minimum Gasteiger partial charge on any atom is -0.349 e. The zero-order valence-electron chi connectivity index (χ0n) is 10.1. The minimum atomic E-state index is -0.295. The van der Waals surface area contributed by atoms with E-state index in [4.69, 9.17) is 0 Å². The van der Waals surface area contributed by atoms with Crippen molar-refractivity contribution in [3.8, 4) is 0 Å². The van der Waals surface area contributed by atoms with E-state index in [0.717, 1.165) is 12.8 Å². The molecular weight excluding hydrogens is 217 g/mol. The van der Waals surface area contributed by atoms with Gasteiger partial charge in [-0.05, 0) is 43.5 Å². The lowest BCUT2D eigenvalue weighted by molar-refractivity contribution is 0.0927. The maximum absolute atomic E-state index is 12.9. The Kier molecular flexibility index (Phi) is 3.77. The molecular formula is C14H18FNO. The summed E-state index contributed by atoms with van der Waals surface area (Å²) in [5.74, 6) is -0.369. The van der Waals surface area contributed by atoms with Crippen LogP contribution >= 0.6 is 0 Å². The SMILES string of the molecule is Cc1cc(F)ccc1C(=O)NC1CCCCC1. The van der Waals surface area contributed by atoms with Crippen molar-refractivity contribution in [1.82, 2.24) is 5.32 Å². The molecule has 0 aromatic heterocycles. The minimum absolute atomic E-state index is 0.0746. The molecule has 0 aliphatic heterocycles. The van der Waals surface area contributed by atoms with E-state index in [1.54, 1.807) is 13.0 Å².